The van der Waals surface area contributed by atoms with Crippen LogP contribution in [0.15, 0.2) is 47.4 Å². The molecule has 20 heavy (non-hydrogen) atoms. The van der Waals surface area contributed by atoms with Crippen molar-refractivity contribution in [3.05, 3.63) is 53.1 Å². The fourth-order valence-electron chi connectivity index (χ4n) is 1.88. The van der Waals surface area contributed by atoms with E-state index >= 15 is 0 Å². The predicted octanol–water partition coefficient (Wildman–Crippen LogP) is 3.48. The van der Waals surface area contributed by atoms with Gasteiger partial charge in [0.15, 0.2) is 9.84 Å². The van der Waals surface area contributed by atoms with Crippen molar-refractivity contribution >= 4 is 39.2 Å². The van der Waals surface area contributed by atoms with Crippen LogP contribution in [0.4, 0.5) is 0 Å². The average Bonchev–Trinajstić information content (AvgIpc) is 2.37. The van der Waals surface area contributed by atoms with Gasteiger partial charge in [-0.1, -0.05) is 41.9 Å². The van der Waals surface area contributed by atoms with Gasteiger partial charge in [-0.3, -0.25) is 4.79 Å². The second-order valence-electron chi connectivity index (χ2n) is 4.27. The first-order valence-electron chi connectivity index (χ1n) is 5.63. The summed E-state index contributed by atoms with van der Waals surface area (Å²) in [4.78, 5) is 11.4. The van der Waals surface area contributed by atoms with Gasteiger partial charge in [-0.05, 0) is 17.7 Å². The molecule has 0 bridgehead atoms. The SMILES string of the molecule is CS(=O)(=O)c1cc(C(=O)S)cc(Cl)c1-c1ccccc1. The highest BCUT2D eigenvalue weighted by Crippen LogP contribution is 2.35. The van der Waals surface area contributed by atoms with Gasteiger partial charge in [0.2, 0.25) is 5.12 Å². The molecule has 0 unspecified atom stereocenters. The van der Waals surface area contributed by atoms with E-state index in [1.54, 1.807) is 24.3 Å². The van der Waals surface area contributed by atoms with Gasteiger partial charge < -0.3 is 0 Å². The molecule has 0 N–H and O–H groups in total. The van der Waals surface area contributed by atoms with Crippen LogP contribution in [0.5, 0.6) is 0 Å². The minimum absolute atomic E-state index is 0.0219. The zero-order valence-corrected chi connectivity index (χ0v) is 13.0. The number of rotatable bonds is 3. The summed E-state index contributed by atoms with van der Waals surface area (Å²) < 4.78 is 23.9. The number of benzene rings is 2. The third kappa shape index (κ3) is 3.06. The topological polar surface area (TPSA) is 51.2 Å². The van der Waals surface area contributed by atoms with Gasteiger partial charge in [-0.25, -0.2) is 8.42 Å². The number of hydrogen-bond donors (Lipinski definition) is 1. The van der Waals surface area contributed by atoms with Crippen molar-refractivity contribution in [1.29, 1.82) is 0 Å². The summed E-state index contributed by atoms with van der Waals surface area (Å²) >= 11 is 9.88. The molecular weight excluding hydrogens is 316 g/mol. The Morgan fingerprint density at radius 2 is 1.75 bits per heavy atom. The van der Waals surface area contributed by atoms with Gasteiger partial charge in [0.05, 0.1) is 9.92 Å². The molecular formula is C14H11ClO3S2. The average molecular weight is 327 g/mol. The van der Waals surface area contributed by atoms with Crippen molar-refractivity contribution in [3.63, 3.8) is 0 Å². The van der Waals surface area contributed by atoms with Crippen molar-refractivity contribution in [1.82, 2.24) is 0 Å². The fraction of sp³-hybridized carbons (Fsp3) is 0.0714. The number of hydrogen-bond acceptors (Lipinski definition) is 3. The van der Waals surface area contributed by atoms with Crippen LogP contribution in [0.25, 0.3) is 11.1 Å². The molecule has 2 aromatic carbocycles. The highest BCUT2D eigenvalue weighted by molar-refractivity contribution is 7.97. The number of thiol groups is 1. The second-order valence-corrected chi connectivity index (χ2v) is 7.07. The Bertz CT molecular complexity index is 769. The monoisotopic (exact) mass is 326 g/mol. The van der Waals surface area contributed by atoms with Crippen LogP contribution >= 0.6 is 24.2 Å². The van der Waals surface area contributed by atoms with Crippen molar-refractivity contribution in [2.24, 2.45) is 0 Å². The first kappa shape index (κ1) is 15.1. The van der Waals surface area contributed by atoms with Gasteiger partial charge >= 0.3 is 0 Å². The lowest BCUT2D eigenvalue weighted by Gasteiger charge is -2.12. The van der Waals surface area contributed by atoms with Crippen molar-refractivity contribution in [2.75, 3.05) is 6.26 Å². The molecule has 0 heterocycles. The van der Waals surface area contributed by atoms with Crippen LogP contribution in [0.3, 0.4) is 0 Å². The zero-order chi connectivity index (χ0) is 14.9. The minimum atomic E-state index is -3.53. The van der Waals surface area contributed by atoms with Crippen molar-refractivity contribution in [3.8, 4) is 11.1 Å². The van der Waals surface area contributed by atoms with Gasteiger partial charge in [0, 0.05) is 17.4 Å². The molecule has 3 nitrogen and oxygen atoms in total. The second kappa shape index (κ2) is 5.60. The number of carbonyl (C=O) groups excluding carboxylic acids is 1. The molecule has 0 aliphatic carbocycles. The van der Waals surface area contributed by atoms with E-state index in [-0.39, 0.29) is 15.5 Å². The van der Waals surface area contributed by atoms with E-state index in [0.717, 1.165) is 6.26 Å². The van der Waals surface area contributed by atoms with Crippen LogP contribution < -0.4 is 0 Å². The molecule has 0 spiro atoms. The van der Waals surface area contributed by atoms with E-state index in [4.69, 9.17) is 11.6 Å². The Hall–Kier alpha value is -1.30. The van der Waals surface area contributed by atoms with E-state index < -0.39 is 15.0 Å². The van der Waals surface area contributed by atoms with Crippen LogP contribution in [0.1, 0.15) is 10.4 Å². The molecule has 0 saturated heterocycles. The van der Waals surface area contributed by atoms with Crippen molar-refractivity contribution in [2.45, 2.75) is 4.90 Å². The summed E-state index contributed by atoms with van der Waals surface area (Å²) in [7, 11) is -3.53. The first-order valence-corrected chi connectivity index (χ1v) is 8.34. The lowest BCUT2D eigenvalue weighted by atomic mass is 10.0. The third-order valence-electron chi connectivity index (χ3n) is 2.76. The molecule has 104 valence electrons. The summed E-state index contributed by atoms with van der Waals surface area (Å²) in [5.41, 5.74) is 1.22. The van der Waals surface area contributed by atoms with E-state index in [1.165, 1.54) is 12.1 Å². The molecule has 0 aromatic heterocycles. The molecule has 0 aliphatic heterocycles. The Kier molecular flexibility index (Phi) is 4.22. The molecule has 0 amide bonds. The Labute approximate surface area is 127 Å². The molecule has 0 saturated carbocycles. The van der Waals surface area contributed by atoms with E-state index in [9.17, 15) is 13.2 Å². The van der Waals surface area contributed by atoms with Crippen molar-refractivity contribution < 1.29 is 13.2 Å². The molecule has 6 heteroatoms. The maximum Gasteiger partial charge on any atom is 0.216 e. The standard InChI is InChI=1S/C14H11ClO3S2/c1-20(17,18)12-8-10(14(16)19)7-11(15)13(12)9-5-3-2-4-6-9/h2-8H,1H3,(H,16,19). The molecule has 2 aromatic rings. The molecule has 0 fully saturated rings. The van der Waals surface area contributed by atoms with Crippen LogP contribution in [0.2, 0.25) is 5.02 Å². The van der Waals surface area contributed by atoms with Crippen LogP contribution in [0, 0.1) is 0 Å². The maximum absolute atomic E-state index is 12.0. The highest BCUT2D eigenvalue weighted by atomic mass is 35.5. The normalized spacial score (nSPS) is 11.3. The van der Waals surface area contributed by atoms with Gasteiger partial charge in [-0.15, -0.1) is 12.6 Å². The zero-order valence-electron chi connectivity index (χ0n) is 10.5. The van der Waals surface area contributed by atoms with E-state index in [0.29, 0.717) is 11.1 Å². The Balaban J connectivity index is 2.84. The highest BCUT2D eigenvalue weighted by Gasteiger charge is 2.20. The largest absolute Gasteiger partial charge is 0.282 e. The van der Waals surface area contributed by atoms with Gasteiger partial charge in [-0.2, -0.15) is 0 Å². The first-order chi connectivity index (χ1) is 9.30. The van der Waals surface area contributed by atoms with E-state index in [1.807, 2.05) is 6.07 Å². The summed E-state index contributed by atoms with van der Waals surface area (Å²) in [6.07, 6.45) is 1.08. The predicted molar refractivity (Wildman–Crippen MR) is 83.3 cm³/mol. The number of halogens is 1. The summed E-state index contributed by atoms with van der Waals surface area (Å²) in [5.74, 6) is 0. The molecule has 2 rings (SSSR count). The van der Waals surface area contributed by atoms with E-state index in [2.05, 4.69) is 12.6 Å². The Morgan fingerprint density at radius 1 is 1.15 bits per heavy atom. The maximum atomic E-state index is 12.0. The van der Waals surface area contributed by atoms with Crippen LogP contribution in [-0.2, 0) is 9.84 Å². The quantitative estimate of drug-likeness (QED) is 0.878. The summed E-state index contributed by atoms with van der Waals surface area (Å²) in [5, 5.41) is -0.326. The molecule has 0 radical (unpaired) electrons. The lowest BCUT2D eigenvalue weighted by Crippen LogP contribution is -2.03. The molecule has 0 atom stereocenters. The van der Waals surface area contributed by atoms with Gasteiger partial charge in [0.25, 0.3) is 0 Å². The summed E-state index contributed by atoms with van der Waals surface area (Å²) in [6, 6.07) is 11.6. The summed E-state index contributed by atoms with van der Waals surface area (Å²) in [6.45, 7) is 0. The number of sulfone groups is 1. The third-order valence-corrected chi connectivity index (χ3v) is 4.44. The smallest absolute Gasteiger partial charge is 0.216 e. The fourth-order valence-corrected chi connectivity index (χ4v) is 3.34. The van der Waals surface area contributed by atoms with Crippen LogP contribution in [-0.4, -0.2) is 19.8 Å². The lowest BCUT2D eigenvalue weighted by molar-refractivity contribution is 0.109. The Morgan fingerprint density at radius 3 is 2.25 bits per heavy atom. The molecule has 0 aliphatic rings. The van der Waals surface area contributed by atoms with Gasteiger partial charge in [0.1, 0.15) is 0 Å². The number of carbonyl (C=O) groups is 1. The minimum Gasteiger partial charge on any atom is -0.282 e.